The monoisotopic (exact) mass is 515 g/mol. The van der Waals surface area contributed by atoms with Gasteiger partial charge in [-0.2, -0.15) is 5.10 Å². The Labute approximate surface area is 218 Å². The summed E-state index contributed by atoms with van der Waals surface area (Å²) in [7, 11) is 1.88. The minimum Gasteiger partial charge on any atom is -0.420 e. The van der Waals surface area contributed by atoms with Crippen molar-refractivity contribution in [2.45, 2.75) is 38.5 Å². The quantitative estimate of drug-likeness (QED) is 0.296. The van der Waals surface area contributed by atoms with Crippen LogP contribution in [0.4, 0.5) is 5.69 Å². The zero-order valence-electron chi connectivity index (χ0n) is 20.4. The summed E-state index contributed by atoms with van der Waals surface area (Å²) >= 11 is 6.55. The second kappa shape index (κ2) is 9.82. The maximum Gasteiger partial charge on any atom is 0.249 e. The second-order valence-electron chi connectivity index (χ2n) is 9.53. The lowest BCUT2D eigenvalue weighted by Gasteiger charge is -2.20. The van der Waals surface area contributed by atoms with Crippen LogP contribution in [-0.2, 0) is 18.3 Å². The molecule has 1 aliphatic rings. The third kappa shape index (κ3) is 4.86. The third-order valence-electron chi connectivity index (χ3n) is 6.90. The van der Waals surface area contributed by atoms with Crippen LogP contribution in [0.25, 0.3) is 33.6 Å². The highest BCUT2D eigenvalue weighted by molar-refractivity contribution is 6.31. The van der Waals surface area contributed by atoms with Gasteiger partial charge in [0.15, 0.2) is 0 Å². The second-order valence-corrected chi connectivity index (χ2v) is 9.94. The molecule has 0 radical (unpaired) electrons. The number of anilines is 1. The van der Waals surface area contributed by atoms with E-state index < -0.39 is 0 Å². The number of aryl methyl sites for hydroxylation is 1. The predicted molar refractivity (Wildman–Crippen MR) is 141 cm³/mol. The molecule has 0 spiro atoms. The molecule has 5 aromatic rings. The number of hydrogen-bond acceptors (Lipinski definition) is 6. The van der Waals surface area contributed by atoms with Crippen molar-refractivity contribution in [3.8, 4) is 22.6 Å². The van der Waals surface area contributed by atoms with Crippen molar-refractivity contribution < 1.29 is 9.21 Å². The van der Waals surface area contributed by atoms with Crippen LogP contribution in [0, 0.1) is 5.92 Å². The van der Waals surface area contributed by atoms with Gasteiger partial charge in [-0.25, -0.2) is 4.98 Å². The van der Waals surface area contributed by atoms with Crippen LogP contribution in [0.15, 0.2) is 53.5 Å². The van der Waals surface area contributed by atoms with E-state index in [9.17, 15) is 4.79 Å². The molecule has 1 saturated carbocycles. The van der Waals surface area contributed by atoms with Crippen molar-refractivity contribution in [3.63, 3.8) is 0 Å². The molecular formula is C27H26ClN7O2. The molecule has 37 heavy (non-hydrogen) atoms. The van der Waals surface area contributed by atoms with E-state index in [1.165, 1.54) is 6.42 Å². The number of H-pyrrole nitrogens is 1. The van der Waals surface area contributed by atoms with Gasteiger partial charge in [0.1, 0.15) is 5.65 Å². The number of halogens is 1. The minimum atomic E-state index is 0.0740. The summed E-state index contributed by atoms with van der Waals surface area (Å²) < 4.78 is 7.76. The summed E-state index contributed by atoms with van der Waals surface area (Å²) in [6.45, 7) is 0. The van der Waals surface area contributed by atoms with Crippen LogP contribution >= 0.6 is 11.6 Å². The number of nitrogens with zero attached hydrogens (tertiary/aromatic N) is 5. The highest BCUT2D eigenvalue weighted by Gasteiger charge is 2.21. The Morgan fingerprint density at radius 3 is 2.81 bits per heavy atom. The largest absolute Gasteiger partial charge is 0.420 e. The van der Waals surface area contributed by atoms with E-state index in [1.807, 2.05) is 43.8 Å². The normalized spacial score (nSPS) is 14.3. The Bertz CT molecular complexity index is 1580. The van der Waals surface area contributed by atoms with Gasteiger partial charge in [-0.1, -0.05) is 36.9 Å². The molecule has 0 unspecified atom stereocenters. The topological polar surface area (TPSA) is 115 Å². The fourth-order valence-electron chi connectivity index (χ4n) is 4.88. The first-order chi connectivity index (χ1) is 18.0. The van der Waals surface area contributed by atoms with Crippen LogP contribution < -0.4 is 5.32 Å². The summed E-state index contributed by atoms with van der Waals surface area (Å²) in [6.07, 6.45) is 13.1. The Kier molecular flexibility index (Phi) is 6.21. The molecule has 10 heteroatoms. The van der Waals surface area contributed by atoms with Crippen LogP contribution in [0.2, 0.25) is 5.02 Å². The standard InChI is InChI=1S/C27H26ClN7O2/c1-35-15-19(13-31-35)18-9-21-22(14-30-25(21)29-12-18)27-34-33-24(37-27)10-17-7-8-20(11-23(17)28)32-26(36)16-5-3-2-4-6-16/h7-9,11-16H,2-6,10H2,1H3,(H,29,30)(H,32,36). The number of aromatic amines is 1. The molecular weight excluding hydrogens is 490 g/mol. The van der Waals surface area contributed by atoms with Crippen molar-refractivity contribution in [1.29, 1.82) is 0 Å². The number of fused-ring (bicyclic) bond motifs is 1. The van der Waals surface area contributed by atoms with Crippen LogP contribution in [0.1, 0.15) is 43.6 Å². The molecule has 2 N–H and O–H groups in total. The molecule has 6 rings (SSSR count). The van der Waals surface area contributed by atoms with Gasteiger partial charge < -0.3 is 14.7 Å². The molecule has 0 saturated heterocycles. The highest BCUT2D eigenvalue weighted by Crippen LogP contribution is 2.31. The number of amides is 1. The minimum absolute atomic E-state index is 0.0740. The molecule has 0 aliphatic heterocycles. The lowest BCUT2D eigenvalue weighted by Crippen LogP contribution is -2.24. The number of hydrogen-bond donors (Lipinski definition) is 2. The molecule has 4 heterocycles. The average Bonchev–Trinajstić information content (AvgIpc) is 3.65. The van der Waals surface area contributed by atoms with Gasteiger partial charge >= 0.3 is 0 Å². The average molecular weight is 516 g/mol. The zero-order chi connectivity index (χ0) is 25.4. The van der Waals surface area contributed by atoms with Gasteiger partial charge in [-0.15, -0.1) is 10.2 Å². The van der Waals surface area contributed by atoms with Crippen molar-refractivity contribution in [2.75, 3.05) is 5.32 Å². The lowest BCUT2D eigenvalue weighted by molar-refractivity contribution is -0.120. The number of aromatic nitrogens is 6. The van der Waals surface area contributed by atoms with Gasteiger partial charge in [0.25, 0.3) is 0 Å². The molecule has 1 amide bonds. The first-order valence-corrected chi connectivity index (χ1v) is 12.8. The fraction of sp³-hybridized carbons (Fsp3) is 0.296. The summed E-state index contributed by atoms with van der Waals surface area (Å²) in [5.41, 5.74) is 4.97. The Balaban J connectivity index is 1.19. The fourth-order valence-corrected chi connectivity index (χ4v) is 5.13. The van der Waals surface area contributed by atoms with E-state index in [0.717, 1.165) is 59.0 Å². The van der Waals surface area contributed by atoms with E-state index in [-0.39, 0.29) is 11.8 Å². The molecule has 9 nitrogen and oxygen atoms in total. The number of pyridine rings is 1. The maximum atomic E-state index is 12.6. The van der Waals surface area contributed by atoms with Gasteiger partial charge in [-0.05, 0) is 36.6 Å². The van der Waals surface area contributed by atoms with Crippen molar-refractivity contribution >= 4 is 34.2 Å². The summed E-state index contributed by atoms with van der Waals surface area (Å²) in [6, 6.07) is 7.56. The Morgan fingerprint density at radius 2 is 2.03 bits per heavy atom. The molecule has 1 fully saturated rings. The van der Waals surface area contributed by atoms with Crippen LogP contribution in [-0.4, -0.2) is 35.9 Å². The molecule has 1 aromatic carbocycles. The summed E-state index contributed by atoms with van der Waals surface area (Å²) in [5, 5.41) is 17.2. The number of benzene rings is 1. The summed E-state index contributed by atoms with van der Waals surface area (Å²) in [4.78, 5) is 20.3. The van der Waals surface area contributed by atoms with Gasteiger partial charge in [0.2, 0.25) is 17.7 Å². The number of rotatable bonds is 6. The summed E-state index contributed by atoms with van der Waals surface area (Å²) in [5.74, 6) is 1.01. The Hall–Kier alpha value is -3.98. The first kappa shape index (κ1) is 23.4. The lowest BCUT2D eigenvalue weighted by atomic mass is 9.88. The molecule has 0 bridgehead atoms. The maximum absolute atomic E-state index is 12.6. The number of nitrogens with one attached hydrogen (secondary N) is 2. The first-order valence-electron chi connectivity index (χ1n) is 12.4. The molecule has 4 aromatic heterocycles. The highest BCUT2D eigenvalue weighted by atomic mass is 35.5. The molecule has 188 valence electrons. The number of carbonyl (C=O) groups is 1. The van der Waals surface area contributed by atoms with E-state index in [0.29, 0.717) is 28.9 Å². The van der Waals surface area contributed by atoms with E-state index in [1.54, 1.807) is 16.9 Å². The van der Waals surface area contributed by atoms with Crippen molar-refractivity contribution in [1.82, 2.24) is 29.9 Å². The van der Waals surface area contributed by atoms with E-state index in [2.05, 4.69) is 30.6 Å². The van der Waals surface area contributed by atoms with Crippen LogP contribution in [0.3, 0.4) is 0 Å². The van der Waals surface area contributed by atoms with E-state index >= 15 is 0 Å². The third-order valence-corrected chi connectivity index (χ3v) is 7.26. The predicted octanol–water partition coefficient (Wildman–Crippen LogP) is 5.78. The molecule has 0 atom stereocenters. The van der Waals surface area contributed by atoms with Crippen molar-refractivity contribution in [3.05, 3.63) is 65.5 Å². The van der Waals surface area contributed by atoms with E-state index in [4.69, 9.17) is 16.0 Å². The van der Waals surface area contributed by atoms with Crippen molar-refractivity contribution in [2.24, 2.45) is 13.0 Å². The number of carbonyl (C=O) groups excluding carboxylic acids is 1. The zero-order valence-corrected chi connectivity index (χ0v) is 21.1. The smallest absolute Gasteiger partial charge is 0.249 e. The van der Waals surface area contributed by atoms with Gasteiger partial charge in [-0.3, -0.25) is 9.48 Å². The Morgan fingerprint density at radius 1 is 1.16 bits per heavy atom. The van der Waals surface area contributed by atoms with Gasteiger partial charge in [0, 0.05) is 58.8 Å². The molecule has 1 aliphatic carbocycles. The SMILES string of the molecule is Cn1cc(-c2cnc3[nH]cc(-c4nnc(Cc5ccc(NC(=O)C6CCCCC6)cc5Cl)o4)c3c2)cn1. The van der Waals surface area contributed by atoms with Crippen LogP contribution in [0.5, 0.6) is 0 Å². The van der Waals surface area contributed by atoms with Gasteiger partial charge in [0.05, 0.1) is 18.2 Å².